The van der Waals surface area contributed by atoms with Crippen molar-refractivity contribution in [2.75, 3.05) is 18.0 Å². The van der Waals surface area contributed by atoms with Gasteiger partial charge in [-0.05, 0) is 55.2 Å². The van der Waals surface area contributed by atoms with Crippen LogP contribution in [0.2, 0.25) is 0 Å². The van der Waals surface area contributed by atoms with Gasteiger partial charge in [-0.1, -0.05) is 18.2 Å². The van der Waals surface area contributed by atoms with Gasteiger partial charge in [-0.25, -0.2) is 0 Å². The summed E-state index contributed by atoms with van der Waals surface area (Å²) in [6.07, 6.45) is 1.80. The Bertz CT molecular complexity index is 833. The number of nitrogens with one attached hydrogen (secondary N) is 1. The van der Waals surface area contributed by atoms with Gasteiger partial charge < -0.3 is 21.1 Å². The molecule has 1 heterocycles. The molecule has 1 unspecified atom stereocenters. The normalized spacial score (nSPS) is 16.8. The number of nitrogens with zero attached hydrogens (tertiary/aromatic N) is 1. The molecule has 2 aromatic carbocycles. The van der Waals surface area contributed by atoms with Gasteiger partial charge in [0.25, 0.3) is 5.91 Å². The summed E-state index contributed by atoms with van der Waals surface area (Å²) >= 11 is 0. The Morgan fingerprint density at radius 3 is 2.63 bits per heavy atom. The van der Waals surface area contributed by atoms with Gasteiger partial charge in [-0.2, -0.15) is 0 Å². The van der Waals surface area contributed by atoms with Crippen molar-refractivity contribution in [3.05, 3.63) is 59.2 Å². The molecule has 0 aromatic heterocycles. The third kappa shape index (κ3) is 4.58. The van der Waals surface area contributed by atoms with E-state index in [0.29, 0.717) is 13.1 Å². The standard InChI is InChI=1S/C21H25N3O3/c1-14-4-9-18(19(25)11-14)21(27)23-12-15-5-7-17(8-6-15)24-10-2-3-16(13-24)20(22)26/h4-9,11,16,25H,2-3,10,12-13H2,1H3,(H2,22,26)(H,23,27). The van der Waals surface area contributed by atoms with Crippen molar-refractivity contribution < 1.29 is 14.7 Å². The van der Waals surface area contributed by atoms with E-state index in [1.165, 1.54) is 0 Å². The second-order valence-corrected chi connectivity index (χ2v) is 7.06. The fraction of sp³-hybridized carbons (Fsp3) is 0.333. The first kappa shape index (κ1) is 18.8. The summed E-state index contributed by atoms with van der Waals surface area (Å²) < 4.78 is 0. The van der Waals surface area contributed by atoms with Crippen molar-refractivity contribution in [1.82, 2.24) is 5.32 Å². The van der Waals surface area contributed by atoms with Crippen molar-refractivity contribution in [3.63, 3.8) is 0 Å². The second-order valence-electron chi connectivity index (χ2n) is 7.06. The molecule has 1 aliphatic rings. The number of hydrogen-bond acceptors (Lipinski definition) is 4. The third-order valence-corrected chi connectivity index (χ3v) is 4.98. The van der Waals surface area contributed by atoms with E-state index in [2.05, 4.69) is 10.2 Å². The molecule has 1 atom stereocenters. The van der Waals surface area contributed by atoms with Crippen molar-refractivity contribution >= 4 is 17.5 Å². The molecule has 6 heteroatoms. The van der Waals surface area contributed by atoms with Crippen LogP contribution in [0.1, 0.15) is 34.3 Å². The number of hydrogen-bond donors (Lipinski definition) is 3. The monoisotopic (exact) mass is 367 g/mol. The van der Waals surface area contributed by atoms with Gasteiger partial charge >= 0.3 is 0 Å². The highest BCUT2D eigenvalue weighted by Crippen LogP contribution is 2.23. The molecule has 0 radical (unpaired) electrons. The number of primary amides is 1. The average molecular weight is 367 g/mol. The van der Waals surface area contributed by atoms with Crippen LogP contribution in [0.25, 0.3) is 0 Å². The Labute approximate surface area is 159 Å². The lowest BCUT2D eigenvalue weighted by Gasteiger charge is -2.33. The van der Waals surface area contributed by atoms with Gasteiger partial charge in [0.1, 0.15) is 5.75 Å². The molecule has 1 saturated heterocycles. The molecule has 0 aliphatic carbocycles. The fourth-order valence-electron chi connectivity index (χ4n) is 3.38. The van der Waals surface area contributed by atoms with E-state index >= 15 is 0 Å². The molecule has 0 bridgehead atoms. The zero-order valence-electron chi connectivity index (χ0n) is 15.4. The molecule has 4 N–H and O–H groups in total. The van der Waals surface area contributed by atoms with Crippen LogP contribution in [0.3, 0.4) is 0 Å². The summed E-state index contributed by atoms with van der Waals surface area (Å²) in [5.74, 6) is -0.660. The Balaban J connectivity index is 1.59. The quantitative estimate of drug-likeness (QED) is 0.756. The van der Waals surface area contributed by atoms with Crippen molar-refractivity contribution in [3.8, 4) is 5.75 Å². The number of anilines is 1. The summed E-state index contributed by atoms with van der Waals surface area (Å²) in [5.41, 5.74) is 8.62. The number of aryl methyl sites for hydroxylation is 1. The first-order valence-corrected chi connectivity index (χ1v) is 9.15. The van der Waals surface area contributed by atoms with E-state index in [4.69, 9.17) is 5.73 Å². The molecule has 0 spiro atoms. The van der Waals surface area contributed by atoms with Gasteiger partial charge in [0, 0.05) is 25.3 Å². The Kier molecular flexibility index (Phi) is 5.64. The lowest BCUT2D eigenvalue weighted by Crippen LogP contribution is -2.41. The molecular weight excluding hydrogens is 342 g/mol. The maximum absolute atomic E-state index is 12.2. The summed E-state index contributed by atoms with van der Waals surface area (Å²) in [5, 5.41) is 12.7. The zero-order valence-corrected chi connectivity index (χ0v) is 15.4. The lowest BCUT2D eigenvalue weighted by atomic mass is 9.97. The molecule has 0 saturated carbocycles. The van der Waals surface area contributed by atoms with E-state index in [1.54, 1.807) is 18.2 Å². The molecule has 2 aromatic rings. The molecule has 1 aliphatic heterocycles. The van der Waals surface area contributed by atoms with Crippen LogP contribution in [0.15, 0.2) is 42.5 Å². The van der Waals surface area contributed by atoms with E-state index < -0.39 is 0 Å². The number of carbonyl (C=O) groups excluding carboxylic acids is 2. The number of piperidine rings is 1. The van der Waals surface area contributed by atoms with E-state index in [1.807, 2.05) is 31.2 Å². The van der Waals surface area contributed by atoms with Gasteiger partial charge in [0.2, 0.25) is 5.91 Å². The topological polar surface area (TPSA) is 95.7 Å². The largest absolute Gasteiger partial charge is 0.507 e. The molecule has 1 fully saturated rings. The summed E-state index contributed by atoms with van der Waals surface area (Å²) in [7, 11) is 0. The van der Waals surface area contributed by atoms with Crippen molar-refractivity contribution in [2.24, 2.45) is 11.7 Å². The SMILES string of the molecule is Cc1ccc(C(=O)NCc2ccc(N3CCCC(C(N)=O)C3)cc2)c(O)c1. The Hall–Kier alpha value is -3.02. The predicted molar refractivity (Wildman–Crippen MR) is 105 cm³/mol. The summed E-state index contributed by atoms with van der Waals surface area (Å²) in [6, 6.07) is 12.9. The van der Waals surface area contributed by atoms with Crippen molar-refractivity contribution in [1.29, 1.82) is 0 Å². The van der Waals surface area contributed by atoms with Crippen LogP contribution in [-0.2, 0) is 11.3 Å². The number of aromatic hydroxyl groups is 1. The number of nitrogens with two attached hydrogens (primary N) is 1. The fourth-order valence-corrected chi connectivity index (χ4v) is 3.38. The van der Waals surface area contributed by atoms with Crippen LogP contribution in [0.4, 0.5) is 5.69 Å². The number of amides is 2. The average Bonchev–Trinajstić information content (AvgIpc) is 2.66. The molecule has 3 rings (SSSR count). The summed E-state index contributed by atoms with van der Waals surface area (Å²) in [4.78, 5) is 25.8. The van der Waals surface area contributed by atoms with Crippen LogP contribution in [0.5, 0.6) is 5.75 Å². The zero-order chi connectivity index (χ0) is 19.4. The second kappa shape index (κ2) is 8.12. The minimum absolute atomic E-state index is 0.0167. The Morgan fingerprint density at radius 1 is 1.22 bits per heavy atom. The van der Waals surface area contributed by atoms with Gasteiger partial charge in [0.05, 0.1) is 11.5 Å². The number of carbonyl (C=O) groups is 2. The smallest absolute Gasteiger partial charge is 0.255 e. The number of rotatable bonds is 5. The maximum Gasteiger partial charge on any atom is 0.255 e. The third-order valence-electron chi connectivity index (χ3n) is 4.98. The van der Waals surface area contributed by atoms with Crippen LogP contribution in [0, 0.1) is 12.8 Å². The molecule has 6 nitrogen and oxygen atoms in total. The van der Waals surface area contributed by atoms with Crippen LogP contribution < -0.4 is 16.0 Å². The van der Waals surface area contributed by atoms with Gasteiger partial charge in [-0.3, -0.25) is 9.59 Å². The number of phenolic OH excluding ortho intramolecular Hbond substituents is 1. The molecule has 27 heavy (non-hydrogen) atoms. The molecule has 2 amide bonds. The van der Waals surface area contributed by atoms with Crippen LogP contribution in [-0.4, -0.2) is 30.0 Å². The summed E-state index contributed by atoms with van der Waals surface area (Å²) in [6.45, 7) is 3.79. The highest BCUT2D eigenvalue weighted by Gasteiger charge is 2.24. The van der Waals surface area contributed by atoms with Crippen LogP contribution >= 0.6 is 0 Å². The first-order chi connectivity index (χ1) is 12.9. The highest BCUT2D eigenvalue weighted by atomic mass is 16.3. The predicted octanol–water partition coefficient (Wildman–Crippen LogP) is 2.33. The van der Waals surface area contributed by atoms with E-state index in [-0.39, 0.29) is 29.0 Å². The lowest BCUT2D eigenvalue weighted by molar-refractivity contribution is -0.122. The van der Waals surface area contributed by atoms with Crippen molar-refractivity contribution in [2.45, 2.75) is 26.3 Å². The van der Waals surface area contributed by atoms with Gasteiger partial charge in [-0.15, -0.1) is 0 Å². The maximum atomic E-state index is 12.2. The minimum atomic E-state index is -0.308. The number of benzene rings is 2. The molecular formula is C21H25N3O3. The van der Waals surface area contributed by atoms with Gasteiger partial charge in [0.15, 0.2) is 0 Å². The Morgan fingerprint density at radius 2 is 1.96 bits per heavy atom. The van der Waals surface area contributed by atoms with E-state index in [9.17, 15) is 14.7 Å². The molecule has 142 valence electrons. The highest BCUT2D eigenvalue weighted by molar-refractivity contribution is 5.96. The van der Waals surface area contributed by atoms with E-state index in [0.717, 1.165) is 36.2 Å². The first-order valence-electron chi connectivity index (χ1n) is 9.15. The number of phenols is 1. The minimum Gasteiger partial charge on any atom is -0.507 e.